The van der Waals surface area contributed by atoms with Gasteiger partial charge in [-0.2, -0.15) is 5.10 Å². The number of H-pyrrole nitrogens is 2. The molecular weight excluding hydrogens is 521 g/mol. The molecule has 4 heterocycles. The molecule has 3 N–H and O–H groups in total. The second kappa shape index (κ2) is 10.3. The topological polar surface area (TPSA) is 104 Å². The molecule has 0 unspecified atom stereocenters. The number of aromatic amines is 2. The number of aromatic hydroxyl groups is 1. The fraction of sp³-hybridized carbons (Fsp3) is 0.452. The highest BCUT2D eigenvalue weighted by Gasteiger charge is 2.46. The van der Waals surface area contributed by atoms with Crippen LogP contribution in [0.5, 0.6) is 5.75 Å². The molecule has 9 nitrogen and oxygen atoms in total. The number of benzene rings is 2. The SMILES string of the molecule is CCCN1Cc2[nH]c(-c3n[nH]c4cc(-c5cc(F)c(O)cc5CC)ccc34)nc2C[C@@H]1C(=O)N1CC(C)(N(C)C)C1. The molecule has 10 heteroatoms. The number of likely N-dealkylation sites (N-methyl/N-ethyl adjacent to an activating group) is 1. The fourth-order valence-electron chi connectivity index (χ4n) is 6.21. The van der Waals surface area contributed by atoms with Crippen molar-refractivity contribution in [3.8, 4) is 28.4 Å². The Bertz CT molecular complexity index is 1620. The van der Waals surface area contributed by atoms with Crippen molar-refractivity contribution in [1.82, 2.24) is 34.9 Å². The summed E-state index contributed by atoms with van der Waals surface area (Å²) in [5, 5.41) is 18.4. The molecule has 1 atom stereocenters. The number of phenols is 1. The number of hydrogen-bond acceptors (Lipinski definition) is 6. The Labute approximate surface area is 239 Å². The summed E-state index contributed by atoms with van der Waals surface area (Å²) in [6, 6.07) is 8.52. The quantitative estimate of drug-likeness (QED) is 0.312. The lowest BCUT2D eigenvalue weighted by Crippen LogP contribution is -2.70. The van der Waals surface area contributed by atoms with Crippen molar-refractivity contribution in [2.24, 2.45) is 0 Å². The van der Waals surface area contributed by atoms with Crippen LogP contribution in [0.4, 0.5) is 4.39 Å². The molecule has 2 aliphatic heterocycles. The minimum Gasteiger partial charge on any atom is -0.505 e. The summed E-state index contributed by atoms with van der Waals surface area (Å²) in [5.41, 5.74) is 5.95. The zero-order chi connectivity index (χ0) is 29.1. The van der Waals surface area contributed by atoms with E-state index >= 15 is 0 Å². The number of rotatable bonds is 7. The lowest BCUT2D eigenvalue weighted by Gasteiger charge is -2.53. The van der Waals surface area contributed by atoms with Gasteiger partial charge in [0.15, 0.2) is 17.4 Å². The van der Waals surface area contributed by atoms with Gasteiger partial charge >= 0.3 is 0 Å². The van der Waals surface area contributed by atoms with E-state index in [0.717, 1.165) is 65.0 Å². The van der Waals surface area contributed by atoms with Crippen molar-refractivity contribution in [1.29, 1.82) is 0 Å². The van der Waals surface area contributed by atoms with E-state index < -0.39 is 5.82 Å². The highest BCUT2D eigenvalue weighted by atomic mass is 19.1. The Morgan fingerprint density at radius 1 is 1.22 bits per heavy atom. The summed E-state index contributed by atoms with van der Waals surface area (Å²) in [5.74, 6) is -0.121. The Morgan fingerprint density at radius 3 is 2.71 bits per heavy atom. The molecule has 0 spiro atoms. The average molecular weight is 560 g/mol. The Balaban J connectivity index is 1.28. The number of nitrogens with one attached hydrogen (secondary N) is 2. The van der Waals surface area contributed by atoms with E-state index in [0.29, 0.717) is 30.9 Å². The van der Waals surface area contributed by atoms with Gasteiger partial charge in [0.1, 0.15) is 5.69 Å². The van der Waals surface area contributed by atoms with E-state index in [4.69, 9.17) is 4.98 Å². The van der Waals surface area contributed by atoms with E-state index in [-0.39, 0.29) is 23.2 Å². The smallest absolute Gasteiger partial charge is 0.240 e. The zero-order valence-corrected chi connectivity index (χ0v) is 24.4. The first kappa shape index (κ1) is 27.4. The van der Waals surface area contributed by atoms with Crippen LogP contribution < -0.4 is 0 Å². The lowest BCUT2D eigenvalue weighted by molar-refractivity contribution is -0.150. The van der Waals surface area contributed by atoms with Crippen molar-refractivity contribution < 1.29 is 14.3 Å². The highest BCUT2D eigenvalue weighted by Crippen LogP contribution is 2.35. The van der Waals surface area contributed by atoms with Crippen LogP contribution in [0.15, 0.2) is 30.3 Å². The molecule has 2 aliphatic rings. The molecule has 0 aliphatic carbocycles. The van der Waals surface area contributed by atoms with Gasteiger partial charge in [-0.25, -0.2) is 9.37 Å². The third-order valence-corrected chi connectivity index (χ3v) is 8.95. The predicted molar refractivity (Wildman–Crippen MR) is 157 cm³/mol. The van der Waals surface area contributed by atoms with Gasteiger partial charge in [0.2, 0.25) is 5.91 Å². The standard InChI is InChI=1S/C31H38FN7O2/c1-6-10-38-15-25-24(14-26(38)30(41)39-16-31(3,17-39)37(4)5)33-29(34-25)28-20-9-8-19(11-23(20)35-36-28)21-13-22(32)27(40)12-18(21)7-2/h8-9,11-13,26,40H,6-7,10,14-17H2,1-5H3,(H,33,34)(H,35,36)/t26-/m1/s1. The van der Waals surface area contributed by atoms with Crippen LogP contribution in [0.1, 0.15) is 44.1 Å². The Kier molecular flexibility index (Phi) is 6.86. The van der Waals surface area contributed by atoms with Gasteiger partial charge in [-0.05, 0) is 81.4 Å². The molecule has 2 aromatic carbocycles. The average Bonchev–Trinajstić information content (AvgIpc) is 3.54. The second-order valence-corrected chi connectivity index (χ2v) is 11.9. The number of imidazole rings is 1. The van der Waals surface area contributed by atoms with Crippen LogP contribution in [0.25, 0.3) is 33.5 Å². The van der Waals surface area contributed by atoms with Crippen molar-refractivity contribution >= 4 is 16.8 Å². The van der Waals surface area contributed by atoms with Gasteiger partial charge < -0.3 is 19.9 Å². The zero-order valence-electron chi connectivity index (χ0n) is 24.4. The maximum atomic E-state index is 14.2. The molecule has 1 fully saturated rings. The van der Waals surface area contributed by atoms with Crippen molar-refractivity contribution in [2.75, 3.05) is 33.7 Å². The number of aryl methyl sites for hydroxylation is 1. The fourth-order valence-corrected chi connectivity index (χ4v) is 6.21. The normalized spacial score (nSPS) is 18.6. The van der Waals surface area contributed by atoms with Gasteiger partial charge in [-0.15, -0.1) is 0 Å². The van der Waals surface area contributed by atoms with E-state index in [1.807, 2.05) is 30.0 Å². The summed E-state index contributed by atoms with van der Waals surface area (Å²) >= 11 is 0. The van der Waals surface area contributed by atoms with Crippen LogP contribution in [0, 0.1) is 5.82 Å². The Hall–Kier alpha value is -3.76. The Morgan fingerprint density at radius 2 is 2.00 bits per heavy atom. The molecule has 0 radical (unpaired) electrons. The maximum Gasteiger partial charge on any atom is 0.240 e. The second-order valence-electron chi connectivity index (χ2n) is 11.9. The number of hydrogen-bond donors (Lipinski definition) is 3. The number of carbonyl (C=O) groups excluding carboxylic acids is 1. The van der Waals surface area contributed by atoms with Crippen molar-refractivity contribution in [3.63, 3.8) is 0 Å². The first-order chi connectivity index (χ1) is 19.6. The minimum absolute atomic E-state index is 0.0278. The molecule has 6 rings (SSSR count). The first-order valence-electron chi connectivity index (χ1n) is 14.4. The monoisotopic (exact) mass is 559 g/mol. The summed E-state index contributed by atoms with van der Waals surface area (Å²) < 4.78 is 14.2. The van der Waals surface area contributed by atoms with E-state index in [2.05, 4.69) is 52.9 Å². The lowest BCUT2D eigenvalue weighted by atomic mass is 9.89. The highest BCUT2D eigenvalue weighted by molar-refractivity contribution is 5.94. The van der Waals surface area contributed by atoms with Crippen LogP contribution in [0.3, 0.4) is 0 Å². The molecule has 0 saturated carbocycles. The molecule has 216 valence electrons. The number of phenolic OH excluding ortho intramolecular Hbond substituents is 1. The van der Waals surface area contributed by atoms with Gasteiger partial charge in [0, 0.05) is 31.4 Å². The molecule has 4 aromatic rings. The number of fused-ring (bicyclic) bond motifs is 2. The summed E-state index contributed by atoms with van der Waals surface area (Å²) in [4.78, 5) is 28.5. The van der Waals surface area contributed by atoms with E-state index in [9.17, 15) is 14.3 Å². The van der Waals surface area contributed by atoms with Gasteiger partial charge in [0.05, 0.1) is 28.5 Å². The van der Waals surface area contributed by atoms with Crippen molar-refractivity contribution in [2.45, 2.75) is 58.2 Å². The molecule has 1 saturated heterocycles. The summed E-state index contributed by atoms with van der Waals surface area (Å²) in [6.45, 7) is 9.28. The van der Waals surface area contributed by atoms with E-state index in [1.165, 1.54) is 12.1 Å². The third-order valence-electron chi connectivity index (χ3n) is 8.95. The van der Waals surface area contributed by atoms with E-state index in [1.54, 1.807) is 0 Å². The minimum atomic E-state index is -0.640. The number of carbonyl (C=O) groups is 1. The number of likely N-dealkylation sites (tertiary alicyclic amines) is 1. The molecule has 0 bridgehead atoms. The van der Waals surface area contributed by atoms with Crippen LogP contribution >= 0.6 is 0 Å². The van der Waals surface area contributed by atoms with Crippen LogP contribution in [0.2, 0.25) is 0 Å². The number of nitrogens with zero attached hydrogens (tertiary/aromatic N) is 5. The van der Waals surface area contributed by atoms with Gasteiger partial charge in [-0.3, -0.25) is 14.8 Å². The summed E-state index contributed by atoms with van der Waals surface area (Å²) in [7, 11) is 4.14. The number of amides is 1. The molecular formula is C31H38FN7O2. The third kappa shape index (κ3) is 4.68. The van der Waals surface area contributed by atoms with Gasteiger partial charge in [0.25, 0.3) is 0 Å². The summed E-state index contributed by atoms with van der Waals surface area (Å²) in [6.07, 6.45) is 2.20. The maximum absolute atomic E-state index is 14.2. The van der Waals surface area contributed by atoms with Crippen molar-refractivity contribution in [3.05, 3.63) is 53.1 Å². The largest absolute Gasteiger partial charge is 0.505 e. The van der Waals surface area contributed by atoms with Gasteiger partial charge in [-0.1, -0.05) is 19.9 Å². The molecule has 1 amide bonds. The predicted octanol–water partition coefficient (Wildman–Crippen LogP) is 4.33. The number of aromatic nitrogens is 4. The van der Waals surface area contributed by atoms with Crippen LogP contribution in [-0.2, 0) is 24.2 Å². The number of halogens is 1. The first-order valence-corrected chi connectivity index (χ1v) is 14.4. The van der Waals surface area contributed by atoms with Crippen LogP contribution in [-0.4, -0.2) is 91.2 Å². The molecule has 2 aromatic heterocycles. The molecule has 41 heavy (non-hydrogen) atoms.